The van der Waals surface area contributed by atoms with Gasteiger partial charge in [0.2, 0.25) is 5.52 Å². The number of para-hydroxylation sites is 1. The van der Waals surface area contributed by atoms with Gasteiger partial charge in [0.05, 0.1) is 23.5 Å². The van der Waals surface area contributed by atoms with E-state index in [1.165, 1.54) is 0 Å². The maximum absolute atomic E-state index is 10.9. The van der Waals surface area contributed by atoms with Crippen LogP contribution in [0.1, 0.15) is 5.69 Å². The fourth-order valence-electron chi connectivity index (χ4n) is 2.60. The highest BCUT2D eigenvalue weighted by Crippen LogP contribution is 2.29. The molecule has 3 rings (SSSR count). The first-order chi connectivity index (χ1) is 11.5. The van der Waals surface area contributed by atoms with Crippen molar-refractivity contribution in [1.82, 2.24) is 0 Å². The fraction of sp³-hybridized carbons (Fsp3) is 0.158. The van der Waals surface area contributed by atoms with Gasteiger partial charge in [0.15, 0.2) is 5.69 Å². The smallest absolute Gasteiger partial charge is 0.213 e. The van der Waals surface area contributed by atoms with Crippen molar-refractivity contribution >= 4 is 22.6 Å². The van der Waals surface area contributed by atoms with Gasteiger partial charge in [-0.05, 0) is 24.3 Å². The lowest BCUT2D eigenvalue weighted by Crippen LogP contribution is -2.28. The van der Waals surface area contributed by atoms with Crippen molar-refractivity contribution in [1.29, 1.82) is 0 Å². The minimum Gasteiger partial charge on any atom is -0.550 e. The number of carbonyl (C=O) groups excluding carboxylic acids is 1. The molecular formula is C19H18N2O3. The van der Waals surface area contributed by atoms with Gasteiger partial charge >= 0.3 is 0 Å². The zero-order chi connectivity index (χ0) is 17.1. The first-order valence-electron chi connectivity index (χ1n) is 7.62. The Morgan fingerprint density at radius 1 is 1.08 bits per heavy atom. The number of pyridine rings is 1. The Hall–Kier alpha value is -3.08. The summed E-state index contributed by atoms with van der Waals surface area (Å²) >= 11 is 0. The molecular weight excluding hydrogens is 304 g/mol. The summed E-state index contributed by atoms with van der Waals surface area (Å²) in [6, 6.07) is 17.1. The minimum atomic E-state index is -1.11. The topological polar surface area (TPSA) is 66.7 Å². The number of ether oxygens (including phenoxy) is 1. The molecule has 0 spiro atoms. The molecule has 24 heavy (non-hydrogen) atoms. The van der Waals surface area contributed by atoms with Gasteiger partial charge in [-0.3, -0.25) is 0 Å². The lowest BCUT2D eigenvalue weighted by molar-refractivity contribution is -0.361. The quantitative estimate of drug-likeness (QED) is 0.718. The third-order valence-electron chi connectivity index (χ3n) is 3.67. The molecule has 0 aliphatic heterocycles. The number of anilines is 1. The average Bonchev–Trinajstić information content (AvgIpc) is 2.54. The van der Waals surface area contributed by atoms with E-state index in [0.29, 0.717) is 5.69 Å². The number of aliphatic carboxylic acids is 1. The van der Waals surface area contributed by atoms with E-state index >= 15 is 0 Å². The number of fused-ring (bicyclic) bond motifs is 1. The van der Waals surface area contributed by atoms with Crippen molar-refractivity contribution in [2.75, 3.05) is 19.0 Å². The number of carbonyl (C=O) groups is 1. The highest BCUT2D eigenvalue weighted by molar-refractivity contribution is 5.91. The van der Waals surface area contributed by atoms with Crippen LogP contribution in [0.3, 0.4) is 0 Å². The summed E-state index contributed by atoms with van der Waals surface area (Å²) in [7, 11) is 3.84. The number of hydrogen-bond donors (Lipinski definition) is 0. The van der Waals surface area contributed by atoms with Crippen molar-refractivity contribution in [3.63, 3.8) is 0 Å². The standard InChI is InChI=1S/C19H18N2O3/c1-21(2)18-10-13(11-19(22)23)20-17-9-8-15(12-16(17)18)24-14-6-4-3-5-7-14/h3-10,12H,11H2,1-2H3,(H,22,23). The Balaban J connectivity index is 2.04. The first-order valence-corrected chi connectivity index (χ1v) is 7.62. The number of carboxylic acids is 1. The van der Waals surface area contributed by atoms with Crippen LogP contribution in [0.25, 0.3) is 10.9 Å². The largest absolute Gasteiger partial charge is 0.550 e. The summed E-state index contributed by atoms with van der Waals surface area (Å²) in [5.41, 5.74) is 2.36. The molecule has 5 heteroatoms. The second-order valence-electron chi connectivity index (χ2n) is 5.75. The summed E-state index contributed by atoms with van der Waals surface area (Å²) in [6.45, 7) is 0. The molecule has 1 aromatic heterocycles. The molecule has 0 aliphatic rings. The summed E-state index contributed by atoms with van der Waals surface area (Å²) in [6.07, 6.45) is -0.154. The van der Waals surface area contributed by atoms with Crippen LogP contribution in [-0.4, -0.2) is 20.1 Å². The molecule has 0 fully saturated rings. The number of aromatic nitrogens is 1. The predicted molar refractivity (Wildman–Crippen MR) is 90.1 cm³/mol. The minimum absolute atomic E-state index is 0.154. The number of hydrogen-bond acceptors (Lipinski definition) is 4. The molecule has 5 nitrogen and oxygen atoms in total. The van der Waals surface area contributed by atoms with Crippen LogP contribution in [0.4, 0.5) is 5.69 Å². The highest BCUT2D eigenvalue weighted by atomic mass is 16.5. The van der Waals surface area contributed by atoms with Gasteiger partial charge in [-0.15, -0.1) is 0 Å². The van der Waals surface area contributed by atoms with E-state index in [1.807, 2.05) is 73.6 Å². The Bertz CT molecular complexity index is 876. The lowest BCUT2D eigenvalue weighted by Gasteiger charge is -2.15. The number of nitrogens with one attached hydrogen (secondary N) is 1. The van der Waals surface area contributed by atoms with E-state index < -0.39 is 5.97 Å². The van der Waals surface area contributed by atoms with E-state index in [2.05, 4.69) is 4.98 Å². The number of aromatic amines is 1. The molecule has 0 atom stereocenters. The second-order valence-corrected chi connectivity index (χ2v) is 5.75. The SMILES string of the molecule is CN(C)c1cc(CC(=O)[O-])[nH+]c2ccc(Oc3ccccc3)cc12. The molecule has 122 valence electrons. The van der Waals surface area contributed by atoms with Gasteiger partial charge in [0, 0.05) is 26.2 Å². The van der Waals surface area contributed by atoms with Crippen LogP contribution in [0.15, 0.2) is 54.6 Å². The maximum Gasteiger partial charge on any atom is 0.213 e. The Labute approximate surface area is 140 Å². The van der Waals surface area contributed by atoms with Gasteiger partial charge in [-0.25, -0.2) is 4.98 Å². The van der Waals surface area contributed by atoms with E-state index in [4.69, 9.17) is 4.74 Å². The van der Waals surface area contributed by atoms with E-state index in [1.54, 1.807) is 0 Å². The highest BCUT2D eigenvalue weighted by Gasteiger charge is 2.14. The number of rotatable bonds is 5. The number of carboxylic acid groups (broad SMARTS) is 1. The summed E-state index contributed by atoms with van der Waals surface area (Å²) in [5.74, 6) is 0.373. The number of H-pyrrole nitrogens is 1. The number of nitrogens with zero attached hydrogens (tertiary/aromatic N) is 1. The van der Waals surface area contributed by atoms with Crippen LogP contribution >= 0.6 is 0 Å². The molecule has 0 bridgehead atoms. The van der Waals surface area contributed by atoms with Crippen molar-refractivity contribution < 1.29 is 19.6 Å². The molecule has 0 radical (unpaired) electrons. The van der Waals surface area contributed by atoms with Gasteiger partial charge in [0.25, 0.3) is 0 Å². The summed E-state index contributed by atoms with van der Waals surface area (Å²) in [4.78, 5) is 16.0. The third-order valence-corrected chi connectivity index (χ3v) is 3.67. The van der Waals surface area contributed by atoms with Crippen LogP contribution in [0.5, 0.6) is 11.5 Å². The second kappa shape index (κ2) is 6.58. The third kappa shape index (κ3) is 3.46. The lowest BCUT2D eigenvalue weighted by atomic mass is 10.1. The Morgan fingerprint density at radius 3 is 2.50 bits per heavy atom. The molecule has 2 aromatic carbocycles. The van der Waals surface area contributed by atoms with Gasteiger partial charge < -0.3 is 19.5 Å². The molecule has 3 aromatic rings. The van der Waals surface area contributed by atoms with E-state index in [-0.39, 0.29) is 6.42 Å². The van der Waals surface area contributed by atoms with E-state index in [0.717, 1.165) is 28.1 Å². The molecule has 0 aliphatic carbocycles. The molecule has 0 amide bonds. The van der Waals surface area contributed by atoms with Gasteiger partial charge in [0.1, 0.15) is 11.5 Å². The Morgan fingerprint density at radius 2 is 1.83 bits per heavy atom. The molecule has 0 saturated heterocycles. The summed E-state index contributed by atoms with van der Waals surface area (Å²) < 4.78 is 5.88. The maximum atomic E-state index is 10.9. The normalized spacial score (nSPS) is 10.6. The van der Waals surface area contributed by atoms with Gasteiger partial charge in [-0.1, -0.05) is 18.2 Å². The van der Waals surface area contributed by atoms with Crippen molar-refractivity contribution in [3.8, 4) is 11.5 Å². The molecule has 1 N–H and O–H groups in total. The zero-order valence-electron chi connectivity index (χ0n) is 13.6. The van der Waals surface area contributed by atoms with Crippen molar-refractivity contribution in [2.45, 2.75) is 6.42 Å². The van der Waals surface area contributed by atoms with Gasteiger partial charge in [-0.2, -0.15) is 0 Å². The van der Waals surface area contributed by atoms with Crippen LogP contribution in [0, 0.1) is 0 Å². The van der Waals surface area contributed by atoms with Crippen LogP contribution in [0.2, 0.25) is 0 Å². The predicted octanol–water partition coefficient (Wildman–Crippen LogP) is 1.80. The van der Waals surface area contributed by atoms with Crippen molar-refractivity contribution in [3.05, 3.63) is 60.3 Å². The van der Waals surface area contributed by atoms with Crippen LogP contribution in [-0.2, 0) is 11.2 Å². The zero-order valence-corrected chi connectivity index (χ0v) is 13.6. The van der Waals surface area contributed by atoms with Crippen molar-refractivity contribution in [2.24, 2.45) is 0 Å². The van der Waals surface area contributed by atoms with Crippen LogP contribution < -0.4 is 19.7 Å². The molecule has 0 saturated carbocycles. The monoisotopic (exact) mass is 322 g/mol. The average molecular weight is 322 g/mol. The molecule has 1 heterocycles. The number of benzene rings is 2. The van der Waals surface area contributed by atoms with E-state index in [9.17, 15) is 9.90 Å². The Kier molecular flexibility index (Phi) is 4.33. The first kappa shape index (κ1) is 15.8. The molecule has 0 unspecified atom stereocenters. The fourth-order valence-corrected chi connectivity index (χ4v) is 2.60. The summed E-state index contributed by atoms with van der Waals surface area (Å²) in [5, 5.41) is 11.8.